The van der Waals surface area contributed by atoms with E-state index >= 15 is 0 Å². The molecule has 0 amide bonds. The number of thiophene rings is 2. The molecule has 53 heavy (non-hydrogen) atoms. The second kappa shape index (κ2) is 10.0. The van der Waals surface area contributed by atoms with Crippen LogP contribution in [0.3, 0.4) is 0 Å². The van der Waals surface area contributed by atoms with Gasteiger partial charge in [0.2, 0.25) is 0 Å². The first-order valence-corrected chi connectivity index (χ1v) is 20.7. The molecule has 0 radical (unpaired) electrons. The summed E-state index contributed by atoms with van der Waals surface area (Å²) in [5.41, 5.74) is 18.2. The van der Waals surface area contributed by atoms with Crippen molar-refractivity contribution in [2.45, 2.75) is 65.2 Å². The molecule has 0 fully saturated rings. The van der Waals surface area contributed by atoms with E-state index in [1.54, 1.807) is 0 Å². The van der Waals surface area contributed by atoms with Crippen molar-refractivity contribution in [1.82, 2.24) is 4.48 Å². The topological polar surface area (TPSA) is 8.17 Å². The van der Waals surface area contributed by atoms with Crippen molar-refractivity contribution in [3.05, 3.63) is 125 Å². The summed E-state index contributed by atoms with van der Waals surface area (Å²) < 4.78 is 8.28. The van der Waals surface area contributed by atoms with Gasteiger partial charge < -0.3 is 9.38 Å². The van der Waals surface area contributed by atoms with Crippen molar-refractivity contribution in [1.29, 1.82) is 0 Å². The van der Waals surface area contributed by atoms with Crippen LogP contribution in [0.5, 0.6) is 0 Å². The third kappa shape index (κ3) is 3.80. The summed E-state index contributed by atoms with van der Waals surface area (Å²) in [5.74, 6) is 0. The largest absolute Gasteiger partial charge is 0.374 e. The molecule has 256 valence electrons. The van der Waals surface area contributed by atoms with Crippen LogP contribution in [0.1, 0.15) is 62.8 Å². The van der Waals surface area contributed by atoms with Gasteiger partial charge in [-0.1, -0.05) is 100 Å². The summed E-state index contributed by atoms with van der Waals surface area (Å²) in [6, 6.07) is 40.1. The Hall–Kier alpha value is -4.84. The molecule has 5 heterocycles. The number of hydrogen-bond donors (Lipinski definition) is 0. The Morgan fingerprint density at radius 3 is 2.02 bits per heavy atom. The molecule has 0 unspecified atom stereocenters. The number of nitrogens with zero attached hydrogens (tertiary/aromatic N) is 2. The van der Waals surface area contributed by atoms with Crippen LogP contribution in [-0.2, 0) is 10.8 Å². The highest BCUT2D eigenvalue weighted by Crippen LogP contribution is 2.53. The Balaban J connectivity index is 1.28. The molecule has 0 bridgehead atoms. The Morgan fingerprint density at radius 1 is 0.547 bits per heavy atom. The average Bonchev–Trinajstić information content (AvgIpc) is 3.82. The van der Waals surface area contributed by atoms with Gasteiger partial charge in [-0.2, -0.15) is 0 Å². The Morgan fingerprint density at radius 2 is 1.23 bits per heavy atom. The van der Waals surface area contributed by atoms with Crippen LogP contribution in [0.15, 0.2) is 103 Å². The van der Waals surface area contributed by atoms with Crippen molar-refractivity contribution in [3.63, 3.8) is 0 Å². The first kappa shape index (κ1) is 30.6. The van der Waals surface area contributed by atoms with E-state index < -0.39 is 0 Å². The zero-order valence-electron chi connectivity index (χ0n) is 31.0. The van der Waals surface area contributed by atoms with Crippen LogP contribution in [-0.4, -0.2) is 11.3 Å². The molecular weight excluding hydrogens is 679 g/mol. The molecule has 5 heteroatoms. The lowest BCUT2D eigenvalue weighted by Crippen LogP contribution is -2.57. The van der Waals surface area contributed by atoms with Crippen LogP contribution in [0, 0.1) is 13.8 Å². The highest BCUT2D eigenvalue weighted by atomic mass is 32.1. The standard InChI is InChI=1S/C48H39BN2S2/c1-26-22-33-29-14-11-15-32-43(29)51(44-31-13-8-10-17-40(31)53-46(32)44)49-41(33)38(23-26)50(36-19-18-30-28-12-7-9-16-39(28)52-45(30)42(36)49)37-25-35-34(24-27(37)2)47(3,4)20-21-48(35,5)6/h7-19,22-25H,20-21H2,1-6H3. The van der Waals surface area contributed by atoms with E-state index in [1.165, 1.54) is 126 Å². The summed E-state index contributed by atoms with van der Waals surface area (Å²) in [6.07, 6.45) is 2.41. The number of rotatable bonds is 1. The van der Waals surface area contributed by atoms with Gasteiger partial charge in [0.1, 0.15) is 0 Å². The fraction of sp³-hybridized carbons (Fsp3) is 0.208. The minimum atomic E-state index is 0.0322. The molecule has 0 saturated heterocycles. The molecule has 0 spiro atoms. The predicted molar refractivity (Wildman–Crippen MR) is 233 cm³/mol. The van der Waals surface area contributed by atoms with Gasteiger partial charge in [-0.25, -0.2) is 0 Å². The maximum absolute atomic E-state index is 2.77. The summed E-state index contributed by atoms with van der Waals surface area (Å²) in [6.45, 7) is 14.5. The Kier molecular flexibility index (Phi) is 5.79. The summed E-state index contributed by atoms with van der Waals surface area (Å²) in [5, 5.41) is 5.44. The molecule has 3 aliphatic rings. The van der Waals surface area contributed by atoms with E-state index in [9.17, 15) is 0 Å². The van der Waals surface area contributed by atoms with Crippen molar-refractivity contribution in [2.24, 2.45) is 0 Å². The van der Waals surface area contributed by atoms with E-state index in [-0.39, 0.29) is 17.7 Å². The summed E-state index contributed by atoms with van der Waals surface area (Å²) in [4.78, 5) is 2.67. The van der Waals surface area contributed by atoms with Gasteiger partial charge in [-0.05, 0) is 107 Å². The lowest BCUT2D eigenvalue weighted by Gasteiger charge is -2.45. The minimum absolute atomic E-state index is 0.0322. The summed E-state index contributed by atoms with van der Waals surface area (Å²) in [7, 11) is 0. The molecule has 9 aromatic rings. The number of fused-ring (bicyclic) bond motifs is 14. The monoisotopic (exact) mass is 718 g/mol. The number of aromatic nitrogens is 1. The van der Waals surface area contributed by atoms with Crippen LogP contribution >= 0.6 is 22.7 Å². The van der Waals surface area contributed by atoms with Gasteiger partial charge in [-0.15, -0.1) is 22.7 Å². The molecule has 12 rings (SSSR count). The zero-order chi connectivity index (χ0) is 35.7. The Labute approximate surface area is 318 Å². The number of hydrogen-bond acceptors (Lipinski definition) is 3. The molecule has 0 atom stereocenters. The number of para-hydroxylation sites is 1. The molecule has 6 aromatic carbocycles. The van der Waals surface area contributed by atoms with Gasteiger partial charge in [0.05, 0.1) is 10.2 Å². The fourth-order valence-corrected chi connectivity index (χ4v) is 13.0. The molecule has 3 aromatic heterocycles. The lowest BCUT2D eigenvalue weighted by atomic mass is 9.45. The second-order valence-electron chi connectivity index (χ2n) is 17.3. The van der Waals surface area contributed by atoms with Gasteiger partial charge in [0.25, 0.3) is 0 Å². The third-order valence-electron chi connectivity index (χ3n) is 13.2. The van der Waals surface area contributed by atoms with Crippen molar-refractivity contribution < 1.29 is 0 Å². The molecule has 2 nitrogen and oxygen atoms in total. The molecule has 0 saturated carbocycles. The van der Waals surface area contributed by atoms with E-state index in [4.69, 9.17) is 0 Å². The predicted octanol–water partition coefficient (Wildman–Crippen LogP) is 12.8. The van der Waals surface area contributed by atoms with E-state index in [1.807, 2.05) is 22.7 Å². The first-order chi connectivity index (χ1) is 25.6. The maximum atomic E-state index is 2.77. The van der Waals surface area contributed by atoms with Crippen molar-refractivity contribution >= 4 is 109 Å². The molecule has 1 aliphatic carbocycles. The molecule has 2 aliphatic heterocycles. The Bertz CT molecular complexity index is 3120. The quantitative estimate of drug-likeness (QED) is 0.153. The average molecular weight is 719 g/mol. The second-order valence-corrected chi connectivity index (χ2v) is 19.4. The highest BCUT2D eigenvalue weighted by Gasteiger charge is 2.46. The SMILES string of the molecule is Cc1cc2c3c(c1)N(c1cc4c(cc1C)C(C)(C)CCC4(C)C)c1ccc4c(sc5ccccc54)c1B3n1c3c-2cccc3c2sc3ccccc3c21. The van der Waals surface area contributed by atoms with Gasteiger partial charge in [0.15, 0.2) is 0 Å². The van der Waals surface area contributed by atoms with Gasteiger partial charge in [0, 0.05) is 63.8 Å². The van der Waals surface area contributed by atoms with E-state index in [0.29, 0.717) is 0 Å². The highest BCUT2D eigenvalue weighted by molar-refractivity contribution is 7.28. The van der Waals surface area contributed by atoms with Crippen molar-refractivity contribution in [3.8, 4) is 11.1 Å². The number of aryl methyl sites for hydroxylation is 2. The number of anilines is 3. The molecule has 0 N–H and O–H groups in total. The maximum Gasteiger partial charge on any atom is 0.334 e. The smallest absolute Gasteiger partial charge is 0.334 e. The van der Waals surface area contributed by atoms with Crippen LogP contribution in [0.25, 0.3) is 62.5 Å². The number of benzene rings is 6. The van der Waals surface area contributed by atoms with Crippen LogP contribution in [0.2, 0.25) is 0 Å². The third-order valence-corrected chi connectivity index (χ3v) is 15.6. The van der Waals surface area contributed by atoms with Gasteiger partial charge in [-0.3, -0.25) is 0 Å². The normalized spacial score (nSPS) is 16.6. The van der Waals surface area contributed by atoms with E-state index in [2.05, 4.69) is 154 Å². The summed E-state index contributed by atoms with van der Waals surface area (Å²) >= 11 is 3.93. The van der Waals surface area contributed by atoms with Gasteiger partial charge >= 0.3 is 6.85 Å². The zero-order valence-corrected chi connectivity index (χ0v) is 32.7. The van der Waals surface area contributed by atoms with Crippen LogP contribution < -0.4 is 15.8 Å². The lowest BCUT2D eigenvalue weighted by molar-refractivity contribution is 0.332. The molecular formula is C48H39BN2S2. The minimum Gasteiger partial charge on any atom is -0.374 e. The van der Waals surface area contributed by atoms with E-state index in [0.717, 1.165) is 0 Å². The fourth-order valence-electron chi connectivity index (χ4n) is 10.5. The van der Waals surface area contributed by atoms with Crippen LogP contribution in [0.4, 0.5) is 17.1 Å². The van der Waals surface area contributed by atoms with Crippen molar-refractivity contribution in [2.75, 3.05) is 4.90 Å². The first-order valence-electron chi connectivity index (χ1n) is 19.1.